The Morgan fingerprint density at radius 1 is 1.15 bits per heavy atom. The van der Waals surface area contributed by atoms with Crippen LogP contribution in [-0.2, 0) is 12.7 Å². The first-order valence-electron chi connectivity index (χ1n) is 10.4. The maximum absolute atomic E-state index is 13.1. The number of carbonyl (C=O) groups excluding carboxylic acids is 1. The van der Waals surface area contributed by atoms with Gasteiger partial charge in [0.15, 0.2) is 11.6 Å². The quantitative estimate of drug-likeness (QED) is 0.462. The topological polar surface area (TPSA) is 98.0 Å². The summed E-state index contributed by atoms with van der Waals surface area (Å²) in [6.45, 7) is 2.26. The monoisotopic (exact) mass is 466 g/mol. The zero-order valence-corrected chi connectivity index (χ0v) is 17.8. The zero-order valence-electron chi connectivity index (χ0n) is 17.8. The average Bonchev–Trinajstić information content (AvgIpc) is 3.24. The number of aromatic nitrogens is 4. The number of hydrogen-bond acceptors (Lipinski definition) is 5. The van der Waals surface area contributed by atoms with Crippen molar-refractivity contribution in [3.05, 3.63) is 76.7 Å². The van der Waals surface area contributed by atoms with Gasteiger partial charge >= 0.3 is 12.1 Å². The van der Waals surface area contributed by atoms with E-state index in [4.69, 9.17) is 0 Å². The number of carbonyl (C=O) groups is 2. The minimum absolute atomic E-state index is 0.100. The van der Waals surface area contributed by atoms with Crippen molar-refractivity contribution in [2.24, 2.45) is 0 Å². The van der Waals surface area contributed by atoms with E-state index >= 15 is 0 Å². The van der Waals surface area contributed by atoms with Crippen LogP contribution in [-0.4, -0.2) is 36.6 Å². The molecule has 0 spiro atoms. The van der Waals surface area contributed by atoms with E-state index in [1.54, 1.807) is 12.1 Å². The first kappa shape index (κ1) is 21.7. The highest BCUT2D eigenvalue weighted by atomic mass is 19.4. The second-order valence-electron chi connectivity index (χ2n) is 8.18. The number of benzene rings is 2. The Labute approximate surface area is 190 Å². The van der Waals surface area contributed by atoms with E-state index < -0.39 is 23.6 Å². The Balaban J connectivity index is 1.47. The molecule has 0 aliphatic carbocycles. The Kier molecular flexibility index (Phi) is 4.96. The molecule has 1 aliphatic heterocycles. The van der Waals surface area contributed by atoms with E-state index in [-0.39, 0.29) is 22.4 Å². The summed E-state index contributed by atoms with van der Waals surface area (Å²) in [6.07, 6.45) is -1.40. The highest BCUT2D eigenvalue weighted by Gasteiger charge is 2.34. The minimum Gasteiger partial charge on any atom is -0.478 e. The van der Waals surface area contributed by atoms with E-state index in [1.165, 1.54) is 23.1 Å². The molecule has 0 bridgehead atoms. The molecule has 10 heteroatoms. The lowest BCUT2D eigenvalue weighted by Gasteiger charge is -2.24. The Morgan fingerprint density at radius 3 is 2.65 bits per heavy atom. The third-order valence-electron chi connectivity index (χ3n) is 6.06. The van der Waals surface area contributed by atoms with Crippen molar-refractivity contribution in [1.29, 1.82) is 0 Å². The van der Waals surface area contributed by atoms with Gasteiger partial charge in [0.05, 0.1) is 23.2 Å². The lowest BCUT2D eigenvalue weighted by molar-refractivity contribution is -0.137. The van der Waals surface area contributed by atoms with Crippen LogP contribution in [0.2, 0.25) is 0 Å². The van der Waals surface area contributed by atoms with Crippen LogP contribution < -0.4 is 0 Å². The molecule has 34 heavy (non-hydrogen) atoms. The summed E-state index contributed by atoms with van der Waals surface area (Å²) in [6, 6.07) is 8.67. The van der Waals surface area contributed by atoms with Crippen LogP contribution in [0.4, 0.5) is 13.2 Å². The van der Waals surface area contributed by atoms with Crippen molar-refractivity contribution in [3.8, 4) is 11.4 Å². The molecule has 0 saturated carbocycles. The molecule has 0 radical (unpaired) electrons. The molecule has 1 atom stereocenters. The van der Waals surface area contributed by atoms with Crippen molar-refractivity contribution in [2.75, 3.05) is 0 Å². The van der Waals surface area contributed by atoms with E-state index in [0.717, 1.165) is 23.3 Å². The number of nitrogens with zero attached hydrogens (tertiary/aromatic N) is 4. The molecule has 3 heterocycles. The molecule has 2 aromatic carbocycles. The highest BCUT2D eigenvalue weighted by molar-refractivity contribution is 6.08. The maximum atomic E-state index is 13.1. The van der Waals surface area contributed by atoms with Crippen LogP contribution in [0.5, 0.6) is 0 Å². The smallest absolute Gasteiger partial charge is 0.416 e. The highest BCUT2D eigenvalue weighted by Crippen LogP contribution is 2.35. The number of carboxylic acid groups (broad SMARTS) is 1. The molecule has 1 aliphatic rings. The second kappa shape index (κ2) is 7.75. The van der Waals surface area contributed by atoms with Gasteiger partial charge in [-0.05, 0) is 48.7 Å². The maximum Gasteiger partial charge on any atom is 0.416 e. The fraction of sp³-hybridized carbons (Fsp3) is 0.208. The predicted molar refractivity (Wildman–Crippen MR) is 116 cm³/mol. The van der Waals surface area contributed by atoms with Gasteiger partial charge in [0, 0.05) is 23.7 Å². The summed E-state index contributed by atoms with van der Waals surface area (Å²) in [5.41, 5.74) is 1.84. The van der Waals surface area contributed by atoms with E-state index in [9.17, 15) is 27.9 Å². The van der Waals surface area contributed by atoms with Gasteiger partial charge in [0.25, 0.3) is 0 Å². The van der Waals surface area contributed by atoms with Crippen molar-refractivity contribution < 1.29 is 27.9 Å². The minimum atomic E-state index is -4.45. The summed E-state index contributed by atoms with van der Waals surface area (Å²) in [5.74, 6) is -1.64. The Morgan fingerprint density at radius 2 is 1.94 bits per heavy atom. The Hall–Kier alpha value is -4.08. The molecular formula is C24H17F3N4O3. The SMILES string of the molecule is Cc1cc(-c2ncc3cc(C(F)(F)F)ccc3n2)ccc1C1CCn2ncc(C(=O)O)c2C1=O. The van der Waals surface area contributed by atoms with Crippen LogP contribution in [0, 0.1) is 6.92 Å². The van der Waals surface area contributed by atoms with Crippen LogP contribution >= 0.6 is 0 Å². The largest absolute Gasteiger partial charge is 0.478 e. The first-order valence-corrected chi connectivity index (χ1v) is 10.4. The van der Waals surface area contributed by atoms with Gasteiger partial charge in [-0.1, -0.05) is 12.1 Å². The van der Waals surface area contributed by atoms with Gasteiger partial charge < -0.3 is 5.11 Å². The molecule has 0 saturated heterocycles. The normalized spacial score (nSPS) is 16.0. The van der Waals surface area contributed by atoms with Gasteiger partial charge in [-0.3, -0.25) is 9.48 Å². The molecular weight excluding hydrogens is 449 g/mol. The Bertz CT molecular complexity index is 1480. The van der Waals surface area contributed by atoms with Crippen molar-refractivity contribution >= 4 is 22.7 Å². The van der Waals surface area contributed by atoms with Crippen LogP contribution in [0.25, 0.3) is 22.3 Å². The van der Waals surface area contributed by atoms with Gasteiger partial charge in [-0.15, -0.1) is 0 Å². The number of carboxylic acids is 1. The number of ketones is 1. The average molecular weight is 466 g/mol. The summed E-state index contributed by atoms with van der Waals surface area (Å²) >= 11 is 0. The molecule has 1 unspecified atom stereocenters. The molecule has 2 aromatic heterocycles. The predicted octanol–water partition coefficient (Wildman–Crippen LogP) is 4.89. The number of alkyl halides is 3. The van der Waals surface area contributed by atoms with E-state index in [2.05, 4.69) is 15.1 Å². The molecule has 5 rings (SSSR count). The van der Waals surface area contributed by atoms with Crippen molar-refractivity contribution in [3.63, 3.8) is 0 Å². The number of Topliss-reactive ketones (excluding diaryl/α,β-unsaturated/α-hetero) is 1. The van der Waals surface area contributed by atoms with E-state index in [0.29, 0.717) is 29.9 Å². The van der Waals surface area contributed by atoms with Crippen LogP contribution in [0.15, 0.2) is 48.8 Å². The number of aryl methyl sites for hydroxylation is 2. The molecule has 0 amide bonds. The van der Waals surface area contributed by atoms with E-state index in [1.807, 2.05) is 13.0 Å². The molecule has 0 fully saturated rings. The standard InChI is InChI=1S/C24H17F3N4O3/c1-12-8-13(22-28-10-14-9-15(24(25,26)27)3-5-19(14)30-22)2-4-16(12)17-6-7-31-20(21(17)32)18(11-29-31)23(33)34/h2-5,8-11,17H,6-7H2,1H3,(H,33,34). The molecule has 1 N–H and O–H groups in total. The fourth-order valence-corrected chi connectivity index (χ4v) is 4.37. The van der Waals surface area contributed by atoms with Gasteiger partial charge in [-0.25, -0.2) is 14.8 Å². The van der Waals surface area contributed by atoms with Crippen LogP contribution in [0.1, 0.15) is 49.9 Å². The lowest BCUT2D eigenvalue weighted by atomic mass is 9.84. The number of hydrogen-bond donors (Lipinski definition) is 1. The number of aromatic carboxylic acids is 1. The molecule has 4 aromatic rings. The van der Waals surface area contributed by atoms with Gasteiger partial charge in [0.1, 0.15) is 11.3 Å². The van der Waals surface area contributed by atoms with Gasteiger partial charge in [0.2, 0.25) is 0 Å². The summed E-state index contributed by atoms with van der Waals surface area (Å²) in [4.78, 5) is 33.2. The van der Waals surface area contributed by atoms with Gasteiger partial charge in [-0.2, -0.15) is 18.3 Å². The second-order valence-corrected chi connectivity index (χ2v) is 8.18. The fourth-order valence-electron chi connectivity index (χ4n) is 4.37. The number of halogens is 3. The third kappa shape index (κ3) is 3.60. The lowest BCUT2D eigenvalue weighted by Crippen LogP contribution is -2.27. The number of rotatable bonds is 3. The third-order valence-corrected chi connectivity index (χ3v) is 6.06. The number of fused-ring (bicyclic) bond motifs is 2. The molecule has 7 nitrogen and oxygen atoms in total. The van der Waals surface area contributed by atoms with Crippen molar-refractivity contribution in [2.45, 2.75) is 32.0 Å². The molecule has 172 valence electrons. The van der Waals surface area contributed by atoms with Crippen LogP contribution in [0.3, 0.4) is 0 Å². The summed E-state index contributed by atoms with van der Waals surface area (Å²) < 4.78 is 40.3. The summed E-state index contributed by atoms with van der Waals surface area (Å²) in [7, 11) is 0. The first-order chi connectivity index (χ1) is 16.1. The summed E-state index contributed by atoms with van der Waals surface area (Å²) in [5, 5.41) is 13.7. The zero-order chi connectivity index (χ0) is 24.2. The van der Waals surface area contributed by atoms with Crippen molar-refractivity contribution in [1.82, 2.24) is 19.7 Å².